The molecule has 0 aliphatic carbocycles. The lowest BCUT2D eigenvalue weighted by molar-refractivity contribution is -0.116. The molecule has 0 radical (unpaired) electrons. The van der Waals surface area contributed by atoms with Crippen LogP contribution in [-0.2, 0) is 9.59 Å². The van der Waals surface area contributed by atoms with Crippen LogP contribution in [0.4, 0.5) is 0 Å². The molecule has 0 aliphatic heterocycles. The van der Waals surface area contributed by atoms with E-state index in [1.807, 2.05) is 0 Å². The topological polar surface area (TPSA) is 92.3 Å². The minimum Gasteiger partial charge on any atom is -0.345 e. The summed E-state index contributed by atoms with van der Waals surface area (Å²) in [4.78, 5) is 45.7. The summed E-state index contributed by atoms with van der Waals surface area (Å²) in [7, 11) is 0. The maximum Gasteiger partial charge on any atom is 0.251 e. The van der Waals surface area contributed by atoms with Gasteiger partial charge in [0.2, 0.25) is 0 Å². The smallest absolute Gasteiger partial charge is 0.251 e. The van der Waals surface area contributed by atoms with Crippen LogP contribution in [0.15, 0.2) is 36.4 Å². The van der Waals surface area contributed by atoms with Gasteiger partial charge < -0.3 is 10.6 Å². The standard InChI is InChI=1S/C18H18N2O4/c1-11(21)9-19-17(23)15-5-3-14-8-16(6-4-13(14)7-15)18(24)20-10-12(2)22/h3-8H,9-10H2,1-2H3,(H,19,23)(H,20,24). The number of Topliss-reactive ketones (excluding diaryl/α,β-unsaturated/α-hetero) is 2. The minimum absolute atomic E-state index is 0.00781. The van der Waals surface area contributed by atoms with Crippen molar-refractivity contribution < 1.29 is 19.2 Å². The highest BCUT2D eigenvalue weighted by molar-refractivity contribution is 6.03. The zero-order chi connectivity index (χ0) is 17.7. The lowest BCUT2D eigenvalue weighted by atomic mass is 10.0. The summed E-state index contributed by atoms with van der Waals surface area (Å²) in [6, 6.07) is 10.1. The van der Waals surface area contributed by atoms with Crippen LogP contribution in [0.1, 0.15) is 34.6 Å². The van der Waals surface area contributed by atoms with Crippen LogP contribution in [0.3, 0.4) is 0 Å². The van der Waals surface area contributed by atoms with Gasteiger partial charge in [-0.3, -0.25) is 19.2 Å². The fourth-order valence-electron chi connectivity index (χ4n) is 2.14. The number of hydrogen-bond acceptors (Lipinski definition) is 4. The van der Waals surface area contributed by atoms with Gasteiger partial charge in [-0.1, -0.05) is 12.1 Å². The highest BCUT2D eigenvalue weighted by Crippen LogP contribution is 2.18. The number of fused-ring (bicyclic) bond motifs is 1. The number of amides is 2. The molecule has 0 spiro atoms. The third-order valence-electron chi connectivity index (χ3n) is 3.36. The number of hydrogen-bond donors (Lipinski definition) is 2. The van der Waals surface area contributed by atoms with Crippen molar-refractivity contribution in [2.45, 2.75) is 13.8 Å². The average Bonchev–Trinajstić information content (AvgIpc) is 2.56. The first-order chi connectivity index (χ1) is 11.4. The number of rotatable bonds is 6. The predicted octanol–water partition coefficient (Wildman–Crippen LogP) is 1.48. The summed E-state index contributed by atoms with van der Waals surface area (Å²) in [6.45, 7) is 2.79. The molecule has 6 nitrogen and oxygen atoms in total. The number of carbonyl (C=O) groups is 4. The van der Waals surface area contributed by atoms with E-state index in [1.165, 1.54) is 13.8 Å². The summed E-state index contributed by atoms with van der Waals surface area (Å²) in [5, 5.41) is 6.67. The van der Waals surface area contributed by atoms with Crippen LogP contribution in [0.5, 0.6) is 0 Å². The quantitative estimate of drug-likeness (QED) is 0.841. The van der Waals surface area contributed by atoms with E-state index >= 15 is 0 Å². The third-order valence-corrected chi connectivity index (χ3v) is 3.36. The molecule has 2 rings (SSSR count). The average molecular weight is 326 g/mol. The second-order valence-corrected chi connectivity index (χ2v) is 5.55. The van der Waals surface area contributed by atoms with Gasteiger partial charge in [-0.25, -0.2) is 0 Å². The Bertz CT molecular complexity index is 758. The second-order valence-electron chi connectivity index (χ2n) is 5.55. The monoisotopic (exact) mass is 326 g/mol. The molecule has 0 bridgehead atoms. The molecule has 0 fully saturated rings. The van der Waals surface area contributed by atoms with E-state index in [-0.39, 0.29) is 36.5 Å². The predicted molar refractivity (Wildman–Crippen MR) is 90.0 cm³/mol. The summed E-state index contributed by atoms with van der Waals surface area (Å²) in [6.07, 6.45) is 0. The summed E-state index contributed by atoms with van der Waals surface area (Å²) in [5.74, 6) is -0.888. The number of benzene rings is 2. The maximum atomic E-state index is 12.0. The van der Waals surface area contributed by atoms with Crippen LogP contribution in [0.25, 0.3) is 10.8 Å². The molecule has 0 aliphatic rings. The molecule has 0 unspecified atom stereocenters. The Balaban J connectivity index is 2.18. The first kappa shape index (κ1) is 17.3. The zero-order valence-corrected chi connectivity index (χ0v) is 13.5. The van der Waals surface area contributed by atoms with Gasteiger partial charge >= 0.3 is 0 Å². The normalized spacial score (nSPS) is 10.2. The van der Waals surface area contributed by atoms with E-state index in [1.54, 1.807) is 36.4 Å². The Kier molecular flexibility index (Phi) is 5.42. The van der Waals surface area contributed by atoms with Crippen molar-refractivity contribution in [2.24, 2.45) is 0 Å². The van der Waals surface area contributed by atoms with Gasteiger partial charge in [0.15, 0.2) is 0 Å². The highest BCUT2D eigenvalue weighted by atomic mass is 16.2. The van der Waals surface area contributed by atoms with E-state index in [9.17, 15) is 19.2 Å². The van der Waals surface area contributed by atoms with Crippen molar-refractivity contribution in [3.8, 4) is 0 Å². The molecule has 2 aromatic carbocycles. The molecular formula is C18H18N2O4. The molecular weight excluding hydrogens is 308 g/mol. The van der Waals surface area contributed by atoms with Gasteiger partial charge in [0, 0.05) is 11.1 Å². The molecule has 2 N–H and O–H groups in total. The minimum atomic E-state index is -0.324. The largest absolute Gasteiger partial charge is 0.345 e. The van der Waals surface area contributed by atoms with Crippen molar-refractivity contribution in [1.29, 1.82) is 0 Å². The Hall–Kier alpha value is -3.02. The van der Waals surface area contributed by atoms with E-state index in [0.717, 1.165) is 10.8 Å². The van der Waals surface area contributed by atoms with Crippen LogP contribution in [0, 0.1) is 0 Å². The second kappa shape index (κ2) is 7.50. The Labute approximate surface area is 139 Å². The fourth-order valence-corrected chi connectivity index (χ4v) is 2.14. The van der Waals surface area contributed by atoms with Gasteiger partial charge in [0.05, 0.1) is 13.1 Å². The molecule has 2 aromatic rings. The first-order valence-electron chi connectivity index (χ1n) is 7.46. The van der Waals surface area contributed by atoms with Crippen LogP contribution >= 0.6 is 0 Å². The van der Waals surface area contributed by atoms with Gasteiger partial charge in [-0.2, -0.15) is 0 Å². The molecule has 2 amide bonds. The maximum absolute atomic E-state index is 12.0. The van der Waals surface area contributed by atoms with E-state index in [2.05, 4.69) is 10.6 Å². The number of ketones is 2. The van der Waals surface area contributed by atoms with E-state index in [0.29, 0.717) is 11.1 Å². The molecule has 24 heavy (non-hydrogen) atoms. The van der Waals surface area contributed by atoms with Gasteiger partial charge in [0.1, 0.15) is 11.6 Å². The summed E-state index contributed by atoms with van der Waals surface area (Å²) < 4.78 is 0. The summed E-state index contributed by atoms with van der Waals surface area (Å²) >= 11 is 0. The van der Waals surface area contributed by atoms with Crippen molar-refractivity contribution in [3.05, 3.63) is 47.5 Å². The molecule has 0 saturated carbocycles. The number of carbonyl (C=O) groups excluding carboxylic acids is 4. The Morgan fingerprint density at radius 1 is 0.708 bits per heavy atom. The van der Waals surface area contributed by atoms with Crippen LogP contribution in [-0.4, -0.2) is 36.5 Å². The fraction of sp³-hybridized carbons (Fsp3) is 0.222. The Morgan fingerprint density at radius 3 is 1.42 bits per heavy atom. The van der Waals surface area contributed by atoms with Crippen molar-refractivity contribution in [2.75, 3.05) is 13.1 Å². The molecule has 0 aromatic heterocycles. The van der Waals surface area contributed by atoms with Gasteiger partial charge in [0.25, 0.3) is 11.8 Å². The molecule has 0 atom stereocenters. The number of nitrogens with one attached hydrogen (secondary N) is 2. The van der Waals surface area contributed by atoms with E-state index < -0.39 is 0 Å². The lowest BCUT2D eigenvalue weighted by Gasteiger charge is -2.07. The molecule has 0 saturated heterocycles. The van der Waals surface area contributed by atoms with Crippen molar-refractivity contribution >= 4 is 34.2 Å². The van der Waals surface area contributed by atoms with E-state index in [4.69, 9.17) is 0 Å². The molecule has 0 heterocycles. The Morgan fingerprint density at radius 2 is 1.08 bits per heavy atom. The lowest BCUT2D eigenvalue weighted by Crippen LogP contribution is -2.28. The third kappa shape index (κ3) is 4.49. The molecule has 6 heteroatoms. The molecule has 124 valence electrons. The van der Waals surface area contributed by atoms with Gasteiger partial charge in [-0.05, 0) is 48.9 Å². The zero-order valence-electron chi connectivity index (χ0n) is 13.5. The van der Waals surface area contributed by atoms with Crippen molar-refractivity contribution in [3.63, 3.8) is 0 Å². The van der Waals surface area contributed by atoms with Gasteiger partial charge in [-0.15, -0.1) is 0 Å². The highest BCUT2D eigenvalue weighted by Gasteiger charge is 2.10. The first-order valence-corrected chi connectivity index (χ1v) is 7.46. The SMILES string of the molecule is CC(=O)CNC(=O)c1ccc2cc(C(=O)NCC(C)=O)ccc2c1. The van der Waals surface area contributed by atoms with Crippen LogP contribution < -0.4 is 10.6 Å². The van der Waals surface area contributed by atoms with Crippen molar-refractivity contribution in [1.82, 2.24) is 10.6 Å². The summed E-state index contributed by atoms with van der Waals surface area (Å²) in [5.41, 5.74) is 0.884. The van der Waals surface area contributed by atoms with Crippen LogP contribution in [0.2, 0.25) is 0 Å².